The van der Waals surface area contributed by atoms with Crippen LogP contribution in [0.4, 0.5) is 0 Å². The van der Waals surface area contributed by atoms with Crippen LogP contribution in [0.2, 0.25) is 5.02 Å². The Labute approximate surface area is 82.9 Å². The molecule has 0 amide bonds. The summed E-state index contributed by atoms with van der Waals surface area (Å²) in [5.74, 6) is 0. The number of aromatic nitrogens is 2. The largest absolute Gasteiger partial charge is 0.326 e. The fourth-order valence-electron chi connectivity index (χ4n) is 1.96. The quantitative estimate of drug-likeness (QED) is 0.752. The van der Waals surface area contributed by atoms with Crippen molar-refractivity contribution in [3.63, 3.8) is 0 Å². The first-order valence-corrected chi connectivity index (χ1v) is 5.10. The molecular formula is C9H14ClN3. The van der Waals surface area contributed by atoms with Crippen molar-refractivity contribution in [1.82, 2.24) is 9.78 Å². The van der Waals surface area contributed by atoms with Gasteiger partial charge in [-0.2, -0.15) is 5.10 Å². The van der Waals surface area contributed by atoms with Crippen molar-refractivity contribution in [2.24, 2.45) is 5.73 Å². The van der Waals surface area contributed by atoms with Gasteiger partial charge in [0.2, 0.25) is 0 Å². The first kappa shape index (κ1) is 9.03. The Morgan fingerprint density at radius 2 is 2.23 bits per heavy atom. The van der Waals surface area contributed by atoms with Crippen LogP contribution < -0.4 is 5.73 Å². The third-order valence-corrected chi connectivity index (χ3v) is 2.89. The second-order valence-electron chi connectivity index (χ2n) is 3.65. The van der Waals surface area contributed by atoms with E-state index in [4.69, 9.17) is 17.3 Å². The van der Waals surface area contributed by atoms with Gasteiger partial charge in [0.25, 0.3) is 0 Å². The third-order valence-electron chi connectivity index (χ3n) is 2.69. The molecule has 0 bridgehead atoms. The standard InChI is InChI=1S/C9H14ClN3/c10-7-5-12-13(6-7)9-4-2-1-3-8(9)11/h5-6,8-9H,1-4,11H2. The molecule has 2 atom stereocenters. The smallest absolute Gasteiger partial charge is 0.0785 e. The summed E-state index contributed by atoms with van der Waals surface area (Å²) in [4.78, 5) is 0. The Kier molecular flexibility index (Phi) is 2.56. The van der Waals surface area contributed by atoms with E-state index in [9.17, 15) is 0 Å². The average Bonchev–Trinajstić information content (AvgIpc) is 2.53. The molecule has 0 spiro atoms. The molecule has 72 valence electrons. The van der Waals surface area contributed by atoms with Gasteiger partial charge in [-0.15, -0.1) is 0 Å². The van der Waals surface area contributed by atoms with Crippen molar-refractivity contribution in [3.8, 4) is 0 Å². The van der Waals surface area contributed by atoms with E-state index in [1.54, 1.807) is 6.20 Å². The van der Waals surface area contributed by atoms with Gasteiger partial charge in [-0.3, -0.25) is 4.68 Å². The monoisotopic (exact) mass is 199 g/mol. The zero-order chi connectivity index (χ0) is 9.26. The van der Waals surface area contributed by atoms with Gasteiger partial charge in [0.05, 0.1) is 17.3 Å². The van der Waals surface area contributed by atoms with Crippen LogP contribution in [0.25, 0.3) is 0 Å². The maximum Gasteiger partial charge on any atom is 0.0785 e. The Bertz CT molecular complexity index is 284. The molecule has 3 nitrogen and oxygen atoms in total. The highest BCUT2D eigenvalue weighted by molar-refractivity contribution is 6.30. The van der Waals surface area contributed by atoms with E-state index in [1.807, 2.05) is 10.9 Å². The van der Waals surface area contributed by atoms with Gasteiger partial charge in [0, 0.05) is 12.2 Å². The lowest BCUT2D eigenvalue weighted by atomic mass is 9.91. The maximum absolute atomic E-state index is 6.02. The van der Waals surface area contributed by atoms with E-state index in [0.29, 0.717) is 11.1 Å². The summed E-state index contributed by atoms with van der Waals surface area (Å²) in [6, 6.07) is 0.589. The molecule has 0 aromatic carbocycles. The van der Waals surface area contributed by atoms with Crippen molar-refractivity contribution >= 4 is 11.6 Å². The predicted molar refractivity (Wildman–Crippen MR) is 52.7 cm³/mol. The zero-order valence-corrected chi connectivity index (χ0v) is 8.24. The molecule has 1 heterocycles. The van der Waals surface area contributed by atoms with Gasteiger partial charge in [0.15, 0.2) is 0 Å². The molecule has 2 unspecified atom stereocenters. The first-order chi connectivity index (χ1) is 6.27. The molecule has 4 heteroatoms. The minimum Gasteiger partial charge on any atom is -0.326 e. The minimum absolute atomic E-state index is 0.240. The first-order valence-electron chi connectivity index (χ1n) is 4.72. The van der Waals surface area contributed by atoms with Crippen LogP contribution in [0.3, 0.4) is 0 Å². The Morgan fingerprint density at radius 1 is 1.46 bits per heavy atom. The van der Waals surface area contributed by atoms with Gasteiger partial charge in [0.1, 0.15) is 0 Å². The molecule has 0 radical (unpaired) electrons. The molecule has 13 heavy (non-hydrogen) atoms. The predicted octanol–water partition coefficient (Wildman–Crippen LogP) is 1.98. The van der Waals surface area contributed by atoms with E-state index in [0.717, 1.165) is 12.8 Å². The number of rotatable bonds is 1. The van der Waals surface area contributed by atoms with Crippen molar-refractivity contribution in [2.75, 3.05) is 0 Å². The third kappa shape index (κ3) is 1.86. The van der Waals surface area contributed by atoms with E-state index < -0.39 is 0 Å². The number of nitrogens with two attached hydrogens (primary N) is 1. The Morgan fingerprint density at radius 3 is 2.85 bits per heavy atom. The maximum atomic E-state index is 6.02. The lowest BCUT2D eigenvalue weighted by Crippen LogP contribution is -2.35. The van der Waals surface area contributed by atoms with E-state index >= 15 is 0 Å². The molecule has 1 aliphatic carbocycles. The molecule has 1 aliphatic rings. The second kappa shape index (κ2) is 3.68. The number of hydrogen-bond donors (Lipinski definition) is 1. The van der Waals surface area contributed by atoms with Crippen LogP contribution in [-0.4, -0.2) is 15.8 Å². The number of halogens is 1. The summed E-state index contributed by atoms with van der Waals surface area (Å²) >= 11 is 5.80. The van der Waals surface area contributed by atoms with Gasteiger partial charge in [-0.25, -0.2) is 0 Å². The lowest BCUT2D eigenvalue weighted by molar-refractivity contribution is 0.286. The van der Waals surface area contributed by atoms with Crippen LogP contribution in [0.5, 0.6) is 0 Å². The highest BCUT2D eigenvalue weighted by atomic mass is 35.5. The Hall–Kier alpha value is -0.540. The molecule has 0 aliphatic heterocycles. The summed E-state index contributed by atoms with van der Waals surface area (Å²) in [7, 11) is 0. The van der Waals surface area contributed by atoms with E-state index in [1.165, 1.54) is 12.8 Å². The summed E-state index contributed by atoms with van der Waals surface area (Å²) in [6.45, 7) is 0. The summed E-state index contributed by atoms with van der Waals surface area (Å²) in [6.07, 6.45) is 8.24. The zero-order valence-electron chi connectivity index (χ0n) is 7.49. The second-order valence-corrected chi connectivity index (χ2v) is 4.09. The van der Waals surface area contributed by atoms with Crippen LogP contribution in [0, 0.1) is 0 Å². The summed E-state index contributed by atoms with van der Waals surface area (Å²) < 4.78 is 1.91. The van der Waals surface area contributed by atoms with E-state index in [-0.39, 0.29) is 6.04 Å². The number of hydrogen-bond acceptors (Lipinski definition) is 2. The van der Waals surface area contributed by atoms with Crippen molar-refractivity contribution in [3.05, 3.63) is 17.4 Å². The summed E-state index contributed by atoms with van der Waals surface area (Å²) in [5.41, 5.74) is 6.02. The highest BCUT2D eigenvalue weighted by Gasteiger charge is 2.23. The molecule has 1 fully saturated rings. The molecule has 1 saturated carbocycles. The lowest BCUT2D eigenvalue weighted by Gasteiger charge is -2.28. The van der Waals surface area contributed by atoms with E-state index in [2.05, 4.69) is 5.10 Å². The van der Waals surface area contributed by atoms with Crippen LogP contribution in [0.15, 0.2) is 12.4 Å². The summed E-state index contributed by atoms with van der Waals surface area (Å²) in [5, 5.41) is 4.89. The fraction of sp³-hybridized carbons (Fsp3) is 0.667. The van der Waals surface area contributed by atoms with Crippen molar-refractivity contribution in [1.29, 1.82) is 0 Å². The number of nitrogens with zero attached hydrogens (tertiary/aromatic N) is 2. The van der Waals surface area contributed by atoms with Crippen LogP contribution >= 0.6 is 11.6 Å². The molecule has 0 saturated heterocycles. The normalized spacial score (nSPS) is 29.1. The van der Waals surface area contributed by atoms with Gasteiger partial charge in [-0.05, 0) is 12.8 Å². The Balaban J connectivity index is 2.14. The van der Waals surface area contributed by atoms with Gasteiger partial charge < -0.3 is 5.73 Å². The fourth-order valence-corrected chi connectivity index (χ4v) is 2.11. The van der Waals surface area contributed by atoms with Gasteiger partial charge in [-0.1, -0.05) is 24.4 Å². The molecule has 1 aromatic rings. The molecule has 2 N–H and O–H groups in total. The van der Waals surface area contributed by atoms with Crippen molar-refractivity contribution in [2.45, 2.75) is 37.8 Å². The molecule has 1 aromatic heterocycles. The molecular weight excluding hydrogens is 186 g/mol. The van der Waals surface area contributed by atoms with Gasteiger partial charge >= 0.3 is 0 Å². The topological polar surface area (TPSA) is 43.8 Å². The molecule has 2 rings (SSSR count). The SMILES string of the molecule is NC1CCCCC1n1cc(Cl)cn1. The minimum atomic E-state index is 0.240. The van der Waals surface area contributed by atoms with Crippen molar-refractivity contribution < 1.29 is 0 Å². The highest BCUT2D eigenvalue weighted by Crippen LogP contribution is 2.27. The van der Waals surface area contributed by atoms with Crippen LogP contribution in [-0.2, 0) is 0 Å². The van der Waals surface area contributed by atoms with Crippen LogP contribution in [0.1, 0.15) is 31.7 Å². The average molecular weight is 200 g/mol.